The largest absolute Gasteiger partial charge is 0.361 e. The summed E-state index contributed by atoms with van der Waals surface area (Å²) >= 11 is 0. The van der Waals surface area contributed by atoms with Gasteiger partial charge in [0.15, 0.2) is 0 Å². The number of nitrogens with zero attached hydrogens (tertiary/aromatic N) is 1. The minimum atomic E-state index is 0.442. The van der Waals surface area contributed by atoms with E-state index in [1.807, 2.05) is 0 Å². The Bertz CT molecular complexity index is 158. The summed E-state index contributed by atoms with van der Waals surface area (Å²) in [6, 6.07) is 0.758. The van der Waals surface area contributed by atoms with Crippen molar-refractivity contribution in [3.8, 4) is 0 Å². The van der Waals surface area contributed by atoms with Crippen LogP contribution in [0.25, 0.3) is 0 Å². The summed E-state index contributed by atoms with van der Waals surface area (Å²) in [5.41, 5.74) is 0. The van der Waals surface area contributed by atoms with Gasteiger partial charge in [-0.1, -0.05) is 13.8 Å². The van der Waals surface area contributed by atoms with Crippen LogP contribution >= 0.6 is 0 Å². The van der Waals surface area contributed by atoms with E-state index in [2.05, 4.69) is 18.7 Å². The summed E-state index contributed by atoms with van der Waals surface area (Å²) in [5, 5.41) is 0. The molecular weight excluding hydrogens is 150 g/mol. The Labute approximate surface area is 74.9 Å². The first-order valence-corrected chi connectivity index (χ1v) is 5.14. The lowest BCUT2D eigenvalue weighted by atomic mass is 10.1. The SMILES string of the molecule is CC(C)C[C@H]1OC[C@@H]2CCCN21. The second-order valence-electron chi connectivity index (χ2n) is 4.45. The predicted molar refractivity (Wildman–Crippen MR) is 48.9 cm³/mol. The van der Waals surface area contributed by atoms with Crippen molar-refractivity contribution in [2.75, 3.05) is 13.2 Å². The Morgan fingerprint density at radius 3 is 3.08 bits per heavy atom. The molecule has 2 heteroatoms. The van der Waals surface area contributed by atoms with Crippen LogP contribution in [0, 0.1) is 5.92 Å². The highest BCUT2D eigenvalue weighted by Crippen LogP contribution is 2.29. The molecule has 0 spiro atoms. The second kappa shape index (κ2) is 3.35. The van der Waals surface area contributed by atoms with Crippen molar-refractivity contribution in [3.05, 3.63) is 0 Å². The van der Waals surface area contributed by atoms with E-state index in [-0.39, 0.29) is 0 Å². The highest BCUT2D eigenvalue weighted by molar-refractivity contribution is 4.86. The van der Waals surface area contributed by atoms with E-state index >= 15 is 0 Å². The maximum absolute atomic E-state index is 5.76. The number of hydrogen-bond donors (Lipinski definition) is 0. The van der Waals surface area contributed by atoms with Gasteiger partial charge in [-0.3, -0.25) is 4.90 Å². The minimum absolute atomic E-state index is 0.442. The molecule has 2 rings (SSSR count). The molecule has 0 unspecified atom stereocenters. The van der Waals surface area contributed by atoms with Gasteiger partial charge in [-0.2, -0.15) is 0 Å². The minimum Gasteiger partial charge on any atom is -0.361 e. The summed E-state index contributed by atoms with van der Waals surface area (Å²) < 4.78 is 5.76. The smallest absolute Gasteiger partial charge is 0.111 e. The monoisotopic (exact) mass is 169 g/mol. The van der Waals surface area contributed by atoms with Crippen molar-refractivity contribution in [1.29, 1.82) is 0 Å². The molecule has 2 atom stereocenters. The standard InChI is InChI=1S/C10H19NO/c1-8(2)6-10-11-5-3-4-9(11)7-12-10/h8-10H,3-7H2,1-2H3/t9-,10+/m0/s1. The Hall–Kier alpha value is -0.0800. The molecule has 0 aromatic heterocycles. The van der Waals surface area contributed by atoms with Gasteiger partial charge in [0.05, 0.1) is 6.61 Å². The fraction of sp³-hybridized carbons (Fsp3) is 1.00. The van der Waals surface area contributed by atoms with Gasteiger partial charge in [0, 0.05) is 12.6 Å². The summed E-state index contributed by atoms with van der Waals surface area (Å²) in [4.78, 5) is 2.56. The molecule has 0 amide bonds. The summed E-state index contributed by atoms with van der Waals surface area (Å²) in [6.07, 6.45) is 4.38. The first kappa shape index (κ1) is 8.52. The van der Waals surface area contributed by atoms with Gasteiger partial charge in [0.25, 0.3) is 0 Å². The van der Waals surface area contributed by atoms with E-state index in [0.717, 1.165) is 18.6 Å². The zero-order valence-electron chi connectivity index (χ0n) is 8.12. The van der Waals surface area contributed by atoms with E-state index in [4.69, 9.17) is 4.74 Å². The lowest BCUT2D eigenvalue weighted by Gasteiger charge is -2.22. The molecule has 0 bridgehead atoms. The average molecular weight is 169 g/mol. The molecule has 2 aliphatic heterocycles. The topological polar surface area (TPSA) is 12.5 Å². The van der Waals surface area contributed by atoms with Crippen LogP contribution < -0.4 is 0 Å². The van der Waals surface area contributed by atoms with Gasteiger partial charge in [0.1, 0.15) is 6.23 Å². The highest BCUT2D eigenvalue weighted by Gasteiger charge is 2.37. The number of rotatable bonds is 2. The number of fused-ring (bicyclic) bond motifs is 1. The van der Waals surface area contributed by atoms with Crippen LogP contribution in [0.2, 0.25) is 0 Å². The molecule has 0 radical (unpaired) electrons. The van der Waals surface area contributed by atoms with Crippen LogP contribution in [0.5, 0.6) is 0 Å². The van der Waals surface area contributed by atoms with E-state index in [1.165, 1.54) is 25.8 Å². The maximum Gasteiger partial charge on any atom is 0.111 e. The van der Waals surface area contributed by atoms with Gasteiger partial charge in [0.2, 0.25) is 0 Å². The molecule has 0 aromatic carbocycles. The second-order valence-corrected chi connectivity index (χ2v) is 4.45. The van der Waals surface area contributed by atoms with Crippen molar-refractivity contribution in [2.24, 2.45) is 5.92 Å². The molecule has 12 heavy (non-hydrogen) atoms. The zero-order valence-corrected chi connectivity index (χ0v) is 8.12. The van der Waals surface area contributed by atoms with Gasteiger partial charge in [-0.15, -0.1) is 0 Å². The molecular formula is C10H19NO. The Balaban J connectivity index is 1.91. The van der Waals surface area contributed by atoms with Crippen LogP contribution in [-0.4, -0.2) is 30.3 Å². The molecule has 2 heterocycles. The molecule has 0 saturated carbocycles. The lowest BCUT2D eigenvalue weighted by Crippen LogP contribution is -2.32. The predicted octanol–water partition coefficient (Wildman–Crippen LogP) is 1.85. The van der Waals surface area contributed by atoms with E-state index in [0.29, 0.717) is 6.23 Å². The average Bonchev–Trinajstić information content (AvgIpc) is 2.52. The quantitative estimate of drug-likeness (QED) is 0.625. The summed E-state index contributed by atoms with van der Waals surface area (Å²) in [7, 11) is 0. The molecule has 2 nitrogen and oxygen atoms in total. The van der Waals surface area contributed by atoms with E-state index < -0.39 is 0 Å². The Morgan fingerprint density at radius 1 is 1.50 bits per heavy atom. The van der Waals surface area contributed by atoms with Crippen LogP contribution in [0.1, 0.15) is 33.1 Å². The normalized spacial score (nSPS) is 36.2. The Morgan fingerprint density at radius 2 is 2.33 bits per heavy atom. The van der Waals surface area contributed by atoms with Crippen molar-refractivity contribution < 1.29 is 4.74 Å². The maximum atomic E-state index is 5.76. The fourth-order valence-electron chi connectivity index (χ4n) is 2.34. The van der Waals surface area contributed by atoms with Gasteiger partial charge >= 0.3 is 0 Å². The fourth-order valence-corrected chi connectivity index (χ4v) is 2.34. The molecule has 2 aliphatic rings. The first-order chi connectivity index (χ1) is 5.77. The lowest BCUT2D eigenvalue weighted by molar-refractivity contribution is 0.0203. The molecule has 0 aromatic rings. The van der Waals surface area contributed by atoms with Crippen molar-refractivity contribution in [2.45, 2.75) is 45.4 Å². The zero-order chi connectivity index (χ0) is 8.55. The van der Waals surface area contributed by atoms with Crippen LogP contribution in [0.3, 0.4) is 0 Å². The third kappa shape index (κ3) is 1.50. The third-order valence-electron chi connectivity index (χ3n) is 2.95. The summed E-state index contributed by atoms with van der Waals surface area (Å²) in [6.45, 7) is 6.79. The van der Waals surface area contributed by atoms with E-state index in [9.17, 15) is 0 Å². The number of hydrogen-bond acceptors (Lipinski definition) is 2. The van der Waals surface area contributed by atoms with Crippen molar-refractivity contribution >= 4 is 0 Å². The van der Waals surface area contributed by atoms with Gasteiger partial charge in [-0.25, -0.2) is 0 Å². The third-order valence-corrected chi connectivity index (χ3v) is 2.95. The van der Waals surface area contributed by atoms with Crippen molar-refractivity contribution in [3.63, 3.8) is 0 Å². The van der Waals surface area contributed by atoms with Crippen molar-refractivity contribution in [1.82, 2.24) is 4.90 Å². The summed E-state index contributed by atoms with van der Waals surface area (Å²) in [5.74, 6) is 0.759. The van der Waals surface area contributed by atoms with Crippen LogP contribution in [0.15, 0.2) is 0 Å². The molecule has 0 N–H and O–H groups in total. The first-order valence-electron chi connectivity index (χ1n) is 5.14. The van der Waals surface area contributed by atoms with E-state index in [1.54, 1.807) is 0 Å². The molecule has 70 valence electrons. The number of ether oxygens (including phenoxy) is 1. The van der Waals surface area contributed by atoms with Crippen LogP contribution in [-0.2, 0) is 4.74 Å². The molecule has 2 saturated heterocycles. The highest BCUT2D eigenvalue weighted by atomic mass is 16.5. The van der Waals surface area contributed by atoms with Gasteiger partial charge < -0.3 is 4.74 Å². The molecule has 0 aliphatic carbocycles. The Kier molecular flexibility index (Phi) is 2.37. The van der Waals surface area contributed by atoms with Crippen LogP contribution in [0.4, 0.5) is 0 Å². The van der Waals surface area contributed by atoms with Gasteiger partial charge in [-0.05, 0) is 25.2 Å². The molecule has 2 fully saturated rings.